The summed E-state index contributed by atoms with van der Waals surface area (Å²) in [5, 5.41) is 11.8. The summed E-state index contributed by atoms with van der Waals surface area (Å²) in [5.74, 6) is 0.133. The number of carbonyl (C=O) groups excluding carboxylic acids is 1. The van der Waals surface area contributed by atoms with Crippen LogP contribution in [0.3, 0.4) is 0 Å². The van der Waals surface area contributed by atoms with Crippen LogP contribution in [-0.4, -0.2) is 17.7 Å². The second kappa shape index (κ2) is 6.83. The number of non-ortho nitro benzene ring substituents is 1. The van der Waals surface area contributed by atoms with Crippen LogP contribution in [0, 0.1) is 10.1 Å². The maximum absolute atomic E-state index is 12.7. The van der Waals surface area contributed by atoms with Gasteiger partial charge in [-0.1, -0.05) is 23.7 Å². The Morgan fingerprint density at radius 1 is 1.26 bits per heavy atom. The van der Waals surface area contributed by atoms with Crippen molar-refractivity contribution in [2.75, 3.05) is 6.79 Å². The number of hydrogen-bond donors (Lipinski definition) is 0. The summed E-state index contributed by atoms with van der Waals surface area (Å²) in [7, 11) is 0. The topological polar surface area (TPSA) is 87.9 Å². The van der Waals surface area contributed by atoms with Crippen molar-refractivity contribution >= 4 is 23.3 Å². The number of nitro benzene ring substituents is 1. The molecule has 0 saturated heterocycles. The first-order chi connectivity index (χ1) is 13.0. The Hall–Kier alpha value is -2.64. The average molecular weight is 390 g/mol. The molecule has 0 spiro atoms. The largest absolute Gasteiger partial charge is 0.467 e. The van der Waals surface area contributed by atoms with Crippen molar-refractivity contribution in [3.05, 3.63) is 68.2 Å². The van der Waals surface area contributed by atoms with E-state index in [2.05, 4.69) is 0 Å². The number of halogens is 1. The van der Waals surface area contributed by atoms with E-state index in [1.165, 1.54) is 12.1 Å². The van der Waals surface area contributed by atoms with E-state index in [1.54, 1.807) is 12.1 Å². The predicted molar refractivity (Wildman–Crippen MR) is 95.5 cm³/mol. The van der Waals surface area contributed by atoms with Crippen molar-refractivity contribution in [1.29, 1.82) is 0 Å². The minimum Gasteiger partial charge on any atom is -0.467 e. The van der Waals surface area contributed by atoms with Crippen molar-refractivity contribution < 1.29 is 23.9 Å². The Morgan fingerprint density at radius 2 is 2.00 bits per heavy atom. The van der Waals surface area contributed by atoms with Crippen LogP contribution in [0.5, 0.6) is 5.75 Å². The lowest BCUT2D eigenvalue weighted by Gasteiger charge is -2.21. The fourth-order valence-electron chi connectivity index (χ4n) is 3.28. The van der Waals surface area contributed by atoms with Gasteiger partial charge >= 0.3 is 5.97 Å². The summed E-state index contributed by atoms with van der Waals surface area (Å²) < 4.78 is 16.2. The Morgan fingerprint density at radius 3 is 2.67 bits per heavy atom. The molecule has 0 unspecified atom stereocenters. The molecule has 140 valence electrons. The smallest absolute Gasteiger partial charge is 0.316 e. The maximum Gasteiger partial charge on any atom is 0.316 e. The number of ether oxygens (including phenoxy) is 3. The first kappa shape index (κ1) is 17.8. The van der Waals surface area contributed by atoms with Gasteiger partial charge in [-0.05, 0) is 30.5 Å². The van der Waals surface area contributed by atoms with Crippen molar-refractivity contribution in [1.82, 2.24) is 0 Å². The molecule has 0 N–H and O–H groups in total. The first-order valence-corrected chi connectivity index (χ1v) is 8.81. The third-order valence-corrected chi connectivity index (χ3v) is 5.13. The summed E-state index contributed by atoms with van der Waals surface area (Å²) in [6.07, 6.45) is 1.40. The van der Waals surface area contributed by atoms with E-state index in [-0.39, 0.29) is 31.7 Å². The molecule has 1 heterocycles. The molecular formula is C19H16ClNO6. The molecule has 0 amide bonds. The number of nitrogens with zero attached hydrogens (tertiary/aromatic N) is 1. The van der Waals surface area contributed by atoms with Crippen molar-refractivity contribution in [2.45, 2.75) is 31.5 Å². The van der Waals surface area contributed by atoms with Gasteiger partial charge in [-0.3, -0.25) is 14.9 Å². The van der Waals surface area contributed by atoms with Gasteiger partial charge in [-0.15, -0.1) is 0 Å². The van der Waals surface area contributed by atoms with E-state index >= 15 is 0 Å². The zero-order valence-electron chi connectivity index (χ0n) is 14.3. The molecule has 0 bridgehead atoms. The molecular weight excluding hydrogens is 374 g/mol. The van der Waals surface area contributed by atoms with Gasteiger partial charge in [0.25, 0.3) is 5.69 Å². The molecule has 4 rings (SSSR count). The van der Waals surface area contributed by atoms with Crippen LogP contribution in [0.2, 0.25) is 5.02 Å². The van der Waals surface area contributed by atoms with Crippen molar-refractivity contribution in [3.8, 4) is 5.75 Å². The third-order valence-electron chi connectivity index (χ3n) is 4.88. The Bertz CT molecular complexity index is 907. The van der Waals surface area contributed by atoms with Gasteiger partial charge < -0.3 is 14.2 Å². The SMILES string of the molecule is O=C(OCc1cc([N+](=O)[O-])cc2c1OCOC2)C1(c2ccc(Cl)cc2)CC1. The molecule has 1 aliphatic heterocycles. The van der Waals surface area contributed by atoms with Gasteiger partial charge in [-0.25, -0.2) is 0 Å². The summed E-state index contributed by atoms with van der Waals surface area (Å²) in [6.45, 7) is 0.172. The van der Waals surface area contributed by atoms with Gasteiger partial charge in [0.15, 0.2) is 6.79 Å². The summed E-state index contributed by atoms with van der Waals surface area (Å²) in [4.78, 5) is 23.4. The van der Waals surface area contributed by atoms with Crippen LogP contribution in [0.15, 0.2) is 36.4 Å². The van der Waals surface area contributed by atoms with Gasteiger partial charge in [0.1, 0.15) is 12.4 Å². The van der Waals surface area contributed by atoms with Gasteiger partial charge in [0.05, 0.1) is 16.9 Å². The van der Waals surface area contributed by atoms with E-state index in [0.29, 0.717) is 34.7 Å². The second-order valence-corrected chi connectivity index (χ2v) is 7.06. The quantitative estimate of drug-likeness (QED) is 0.438. The Kier molecular flexibility index (Phi) is 4.49. The molecule has 1 saturated carbocycles. The van der Waals surface area contributed by atoms with Crippen LogP contribution < -0.4 is 4.74 Å². The standard InChI is InChI=1S/C19H16ClNO6/c20-15-3-1-14(2-4-15)19(5-6-19)18(22)26-10-13-8-16(21(23)24)7-12-9-25-11-27-17(12)13/h1-4,7-8H,5-6,9-11H2. The lowest BCUT2D eigenvalue weighted by atomic mass is 9.96. The fourth-order valence-corrected chi connectivity index (χ4v) is 3.41. The van der Waals surface area contributed by atoms with Crippen LogP contribution in [0.25, 0.3) is 0 Å². The molecule has 1 aliphatic carbocycles. The minimum absolute atomic E-state index is 0.0560. The number of rotatable bonds is 5. The number of benzene rings is 2. The van der Waals surface area contributed by atoms with E-state index < -0.39 is 10.3 Å². The minimum atomic E-state index is -0.657. The molecule has 2 aliphatic rings. The highest BCUT2D eigenvalue weighted by molar-refractivity contribution is 6.30. The van der Waals surface area contributed by atoms with E-state index in [1.807, 2.05) is 12.1 Å². The average Bonchev–Trinajstić information content (AvgIpc) is 3.48. The Balaban J connectivity index is 1.55. The first-order valence-electron chi connectivity index (χ1n) is 8.44. The third kappa shape index (κ3) is 3.36. The van der Waals surface area contributed by atoms with Gasteiger partial charge in [0, 0.05) is 28.3 Å². The number of fused-ring (bicyclic) bond motifs is 1. The highest BCUT2D eigenvalue weighted by atomic mass is 35.5. The lowest BCUT2D eigenvalue weighted by molar-refractivity contribution is -0.385. The molecule has 0 atom stereocenters. The highest BCUT2D eigenvalue weighted by Gasteiger charge is 2.52. The highest BCUT2D eigenvalue weighted by Crippen LogP contribution is 2.49. The molecule has 1 fully saturated rings. The van der Waals surface area contributed by atoms with E-state index in [9.17, 15) is 14.9 Å². The van der Waals surface area contributed by atoms with E-state index in [4.69, 9.17) is 25.8 Å². The molecule has 2 aromatic rings. The van der Waals surface area contributed by atoms with Crippen LogP contribution >= 0.6 is 11.6 Å². The van der Waals surface area contributed by atoms with Gasteiger partial charge in [-0.2, -0.15) is 0 Å². The zero-order valence-corrected chi connectivity index (χ0v) is 15.0. The normalized spacial score (nSPS) is 16.8. The molecule has 27 heavy (non-hydrogen) atoms. The predicted octanol–water partition coefficient (Wildman–Crippen LogP) is 3.89. The monoisotopic (exact) mass is 389 g/mol. The zero-order chi connectivity index (χ0) is 19.0. The second-order valence-electron chi connectivity index (χ2n) is 6.63. The summed E-state index contributed by atoms with van der Waals surface area (Å²) in [5.41, 5.74) is 1.15. The fraction of sp³-hybridized carbons (Fsp3) is 0.316. The van der Waals surface area contributed by atoms with E-state index in [0.717, 1.165) is 5.56 Å². The molecule has 2 aromatic carbocycles. The summed E-state index contributed by atoms with van der Waals surface area (Å²) in [6, 6.07) is 9.93. The van der Waals surface area contributed by atoms with Gasteiger partial charge in [0.2, 0.25) is 0 Å². The molecule has 0 aromatic heterocycles. The molecule has 0 radical (unpaired) electrons. The number of hydrogen-bond acceptors (Lipinski definition) is 6. The van der Waals surface area contributed by atoms with Crippen LogP contribution in [-0.2, 0) is 32.9 Å². The number of esters is 1. The number of carbonyl (C=O) groups is 1. The maximum atomic E-state index is 12.7. The van der Waals surface area contributed by atoms with Crippen molar-refractivity contribution in [3.63, 3.8) is 0 Å². The van der Waals surface area contributed by atoms with Crippen LogP contribution in [0.1, 0.15) is 29.5 Å². The number of nitro groups is 1. The van der Waals surface area contributed by atoms with Crippen LogP contribution in [0.4, 0.5) is 5.69 Å². The lowest BCUT2D eigenvalue weighted by Crippen LogP contribution is -2.23. The Labute approximate surface area is 159 Å². The molecule has 8 heteroatoms. The molecule has 7 nitrogen and oxygen atoms in total. The summed E-state index contributed by atoms with van der Waals surface area (Å²) >= 11 is 5.92. The van der Waals surface area contributed by atoms with Crippen molar-refractivity contribution in [2.24, 2.45) is 0 Å².